The van der Waals surface area contributed by atoms with Crippen LogP contribution in [0.15, 0.2) is 12.5 Å². The molecule has 0 aliphatic heterocycles. The molecule has 1 N–H and O–H groups in total. The van der Waals surface area contributed by atoms with Gasteiger partial charge in [0, 0.05) is 25.8 Å². The van der Waals surface area contributed by atoms with Crippen LogP contribution in [0.3, 0.4) is 0 Å². The van der Waals surface area contributed by atoms with E-state index in [9.17, 15) is 0 Å². The van der Waals surface area contributed by atoms with Gasteiger partial charge in [-0.1, -0.05) is 27.7 Å². The molecule has 1 heterocycles. The predicted octanol–water partition coefficient (Wildman–Crippen LogP) is 2.36. The molecule has 4 heteroatoms. The van der Waals surface area contributed by atoms with Crippen molar-refractivity contribution < 1.29 is 0 Å². The third-order valence-electron chi connectivity index (χ3n) is 3.30. The number of aromatic nitrogens is 2. The monoisotopic (exact) mass is 266 g/mol. The Labute approximate surface area is 118 Å². The molecule has 0 saturated heterocycles. The molecule has 0 atom stereocenters. The van der Waals surface area contributed by atoms with Crippen molar-refractivity contribution in [2.24, 2.45) is 5.92 Å². The highest BCUT2D eigenvalue weighted by atomic mass is 15.2. The van der Waals surface area contributed by atoms with Crippen molar-refractivity contribution in [2.45, 2.75) is 47.2 Å². The molecule has 0 aliphatic rings. The number of rotatable bonds is 10. The molecular formula is C15H30N4. The highest BCUT2D eigenvalue weighted by molar-refractivity contribution is 4.98. The maximum absolute atomic E-state index is 4.27. The van der Waals surface area contributed by atoms with Crippen molar-refractivity contribution in [2.75, 3.05) is 26.2 Å². The smallest absolute Gasteiger partial charge is 0.0949 e. The van der Waals surface area contributed by atoms with Gasteiger partial charge in [-0.2, -0.15) is 0 Å². The Balaban J connectivity index is 2.39. The van der Waals surface area contributed by atoms with E-state index in [-0.39, 0.29) is 0 Å². The van der Waals surface area contributed by atoms with Crippen molar-refractivity contribution >= 4 is 0 Å². The summed E-state index contributed by atoms with van der Waals surface area (Å²) in [6.07, 6.45) is 5.15. The topological polar surface area (TPSA) is 33.1 Å². The van der Waals surface area contributed by atoms with Crippen LogP contribution in [0.5, 0.6) is 0 Å². The quantitative estimate of drug-likeness (QED) is 0.706. The lowest BCUT2D eigenvalue weighted by molar-refractivity contribution is 0.275. The third kappa shape index (κ3) is 6.21. The Morgan fingerprint density at radius 2 is 2.11 bits per heavy atom. The number of likely N-dealkylation sites (N-methyl/N-ethyl adjacent to an activating group) is 1. The van der Waals surface area contributed by atoms with Crippen molar-refractivity contribution in [1.82, 2.24) is 19.8 Å². The first kappa shape index (κ1) is 16.2. The van der Waals surface area contributed by atoms with Crippen LogP contribution in [0.4, 0.5) is 0 Å². The summed E-state index contributed by atoms with van der Waals surface area (Å²) >= 11 is 0. The van der Waals surface area contributed by atoms with Gasteiger partial charge < -0.3 is 14.8 Å². The molecule has 0 unspecified atom stereocenters. The van der Waals surface area contributed by atoms with Crippen molar-refractivity contribution in [3.63, 3.8) is 0 Å². The van der Waals surface area contributed by atoms with Gasteiger partial charge in [0.05, 0.1) is 12.0 Å². The van der Waals surface area contributed by atoms with E-state index in [2.05, 4.69) is 47.5 Å². The van der Waals surface area contributed by atoms with Crippen LogP contribution in [0, 0.1) is 5.92 Å². The first-order valence-corrected chi connectivity index (χ1v) is 7.59. The van der Waals surface area contributed by atoms with Gasteiger partial charge in [-0.25, -0.2) is 4.98 Å². The van der Waals surface area contributed by atoms with E-state index in [0.717, 1.165) is 32.7 Å². The number of imidazole rings is 1. The summed E-state index contributed by atoms with van der Waals surface area (Å²) in [4.78, 5) is 6.77. The number of hydrogen-bond donors (Lipinski definition) is 1. The predicted molar refractivity (Wildman–Crippen MR) is 81.2 cm³/mol. The molecule has 0 aromatic carbocycles. The zero-order chi connectivity index (χ0) is 14.1. The van der Waals surface area contributed by atoms with Crippen LogP contribution >= 0.6 is 0 Å². The molecule has 4 nitrogen and oxygen atoms in total. The second kappa shape index (κ2) is 9.10. The van der Waals surface area contributed by atoms with Gasteiger partial charge in [0.2, 0.25) is 0 Å². The number of hydrogen-bond acceptors (Lipinski definition) is 3. The van der Waals surface area contributed by atoms with Gasteiger partial charge in [0.15, 0.2) is 0 Å². The summed E-state index contributed by atoms with van der Waals surface area (Å²) in [5.74, 6) is 0.691. The Hall–Kier alpha value is -0.870. The molecule has 19 heavy (non-hydrogen) atoms. The molecule has 110 valence electrons. The number of nitrogens with zero attached hydrogens (tertiary/aromatic N) is 3. The normalized spacial score (nSPS) is 11.7. The maximum Gasteiger partial charge on any atom is 0.0949 e. The fourth-order valence-corrected chi connectivity index (χ4v) is 2.18. The minimum absolute atomic E-state index is 0.691. The minimum atomic E-state index is 0.691. The molecule has 0 fully saturated rings. The zero-order valence-electron chi connectivity index (χ0n) is 13.0. The highest BCUT2D eigenvalue weighted by Gasteiger charge is 2.05. The second-order valence-electron chi connectivity index (χ2n) is 5.54. The Morgan fingerprint density at radius 1 is 1.32 bits per heavy atom. The van der Waals surface area contributed by atoms with E-state index in [1.165, 1.54) is 18.7 Å². The van der Waals surface area contributed by atoms with Gasteiger partial charge >= 0.3 is 0 Å². The van der Waals surface area contributed by atoms with E-state index in [0.29, 0.717) is 5.92 Å². The van der Waals surface area contributed by atoms with Gasteiger partial charge in [-0.15, -0.1) is 0 Å². The van der Waals surface area contributed by atoms with Crippen LogP contribution in [-0.2, 0) is 13.1 Å². The van der Waals surface area contributed by atoms with Crippen molar-refractivity contribution in [3.05, 3.63) is 18.2 Å². The van der Waals surface area contributed by atoms with Crippen LogP contribution in [0.1, 0.15) is 39.8 Å². The molecule has 0 spiro atoms. The summed E-state index contributed by atoms with van der Waals surface area (Å²) < 4.78 is 2.27. The standard InChI is InChI=1S/C15H30N4/c1-5-7-18(6-2)8-9-19-13-17-12-15(19)11-16-10-14(3)4/h12-14,16H,5-11H2,1-4H3. The minimum Gasteiger partial charge on any atom is -0.332 e. The second-order valence-corrected chi connectivity index (χ2v) is 5.54. The van der Waals surface area contributed by atoms with Crippen molar-refractivity contribution in [3.8, 4) is 0 Å². The van der Waals surface area contributed by atoms with Crippen molar-refractivity contribution in [1.29, 1.82) is 0 Å². The Kier molecular flexibility index (Phi) is 7.75. The van der Waals surface area contributed by atoms with E-state index in [4.69, 9.17) is 0 Å². The average Bonchev–Trinajstić information content (AvgIpc) is 2.81. The first-order chi connectivity index (χ1) is 9.17. The fourth-order valence-electron chi connectivity index (χ4n) is 2.18. The molecule has 1 rings (SSSR count). The van der Waals surface area contributed by atoms with Crippen LogP contribution in [0.25, 0.3) is 0 Å². The molecule has 0 saturated carbocycles. The van der Waals surface area contributed by atoms with E-state index < -0.39 is 0 Å². The number of nitrogens with one attached hydrogen (secondary N) is 1. The highest BCUT2D eigenvalue weighted by Crippen LogP contribution is 2.01. The van der Waals surface area contributed by atoms with E-state index in [1.54, 1.807) is 0 Å². The first-order valence-electron chi connectivity index (χ1n) is 7.59. The van der Waals surface area contributed by atoms with Gasteiger partial charge in [-0.3, -0.25) is 0 Å². The summed E-state index contributed by atoms with van der Waals surface area (Å²) in [6, 6.07) is 0. The SMILES string of the molecule is CCCN(CC)CCn1cncc1CNCC(C)C. The molecule has 1 aromatic heterocycles. The molecule has 0 amide bonds. The molecule has 0 bridgehead atoms. The lowest BCUT2D eigenvalue weighted by Gasteiger charge is -2.20. The molecule has 0 aliphatic carbocycles. The fraction of sp³-hybridized carbons (Fsp3) is 0.800. The van der Waals surface area contributed by atoms with Gasteiger partial charge in [0.25, 0.3) is 0 Å². The van der Waals surface area contributed by atoms with E-state index in [1.807, 2.05) is 12.5 Å². The summed E-state index contributed by atoms with van der Waals surface area (Å²) in [7, 11) is 0. The Bertz CT molecular complexity index is 333. The summed E-state index contributed by atoms with van der Waals surface area (Å²) in [5, 5.41) is 3.48. The van der Waals surface area contributed by atoms with E-state index >= 15 is 0 Å². The lowest BCUT2D eigenvalue weighted by atomic mass is 10.2. The summed E-state index contributed by atoms with van der Waals surface area (Å²) in [6.45, 7) is 15.4. The van der Waals surface area contributed by atoms with Crippen LogP contribution in [-0.4, -0.2) is 40.6 Å². The maximum atomic E-state index is 4.27. The zero-order valence-corrected chi connectivity index (χ0v) is 13.0. The molecule has 1 aromatic rings. The van der Waals surface area contributed by atoms with Gasteiger partial charge in [-0.05, 0) is 32.0 Å². The lowest BCUT2D eigenvalue weighted by Crippen LogP contribution is -2.29. The third-order valence-corrected chi connectivity index (χ3v) is 3.30. The largest absolute Gasteiger partial charge is 0.332 e. The average molecular weight is 266 g/mol. The molecular weight excluding hydrogens is 236 g/mol. The molecule has 0 radical (unpaired) electrons. The van der Waals surface area contributed by atoms with Crippen LogP contribution in [0.2, 0.25) is 0 Å². The van der Waals surface area contributed by atoms with Gasteiger partial charge in [0.1, 0.15) is 0 Å². The van der Waals surface area contributed by atoms with Crippen LogP contribution < -0.4 is 5.32 Å². The summed E-state index contributed by atoms with van der Waals surface area (Å²) in [5.41, 5.74) is 1.29. The Morgan fingerprint density at radius 3 is 2.74 bits per heavy atom.